The highest BCUT2D eigenvalue weighted by Crippen LogP contribution is 2.31. The number of methoxy groups -OCH3 is 1. The van der Waals surface area contributed by atoms with Crippen molar-refractivity contribution in [1.29, 1.82) is 0 Å². The molecule has 186 valence electrons. The van der Waals surface area contributed by atoms with E-state index in [-0.39, 0.29) is 18.6 Å². The average molecular weight is 496 g/mol. The third-order valence-electron chi connectivity index (χ3n) is 4.75. The number of anilines is 2. The van der Waals surface area contributed by atoms with Crippen LogP contribution in [0.3, 0.4) is 0 Å². The molecule has 35 heavy (non-hydrogen) atoms. The number of nitrogens with one attached hydrogen (secondary N) is 2. The first-order valence-electron chi connectivity index (χ1n) is 11.4. The van der Waals surface area contributed by atoms with Crippen LogP contribution in [0, 0.1) is 0 Å². The normalized spacial score (nSPS) is 10.9. The number of aldehydes is 1. The highest BCUT2D eigenvalue weighted by molar-refractivity contribution is 7.99. The molecule has 0 aliphatic rings. The topological polar surface area (TPSA) is 89.6 Å². The van der Waals surface area contributed by atoms with Crippen LogP contribution in [0.25, 0.3) is 0 Å². The van der Waals surface area contributed by atoms with Crippen molar-refractivity contribution in [2.45, 2.75) is 38.1 Å². The Morgan fingerprint density at radius 2 is 1.89 bits per heavy atom. The summed E-state index contributed by atoms with van der Waals surface area (Å²) in [4.78, 5) is 28.0. The number of carbonyl (C=O) groups excluding carboxylic acids is 2. The Morgan fingerprint density at radius 3 is 2.54 bits per heavy atom. The van der Waals surface area contributed by atoms with Gasteiger partial charge in [-0.2, -0.15) is 0 Å². The molecule has 1 aromatic heterocycles. The van der Waals surface area contributed by atoms with Crippen molar-refractivity contribution in [3.8, 4) is 11.5 Å². The summed E-state index contributed by atoms with van der Waals surface area (Å²) in [6.07, 6.45) is 2.73. The first-order valence-corrected chi connectivity index (χ1v) is 12.4. The highest BCUT2D eigenvalue weighted by atomic mass is 32.2. The third kappa shape index (κ3) is 9.70. The fraction of sp³-hybridized carbons (Fsp3) is 0.296. The first-order chi connectivity index (χ1) is 17.0. The van der Waals surface area contributed by atoms with Crippen LogP contribution in [0.4, 0.5) is 11.4 Å². The Hall–Kier alpha value is -3.52. The summed E-state index contributed by atoms with van der Waals surface area (Å²) < 4.78 is 10.7. The third-order valence-corrected chi connectivity index (χ3v) is 5.65. The molecule has 0 saturated heterocycles. The van der Waals surface area contributed by atoms with Crippen molar-refractivity contribution in [3.05, 3.63) is 72.6 Å². The molecule has 0 aliphatic heterocycles. The zero-order chi connectivity index (χ0) is 25.5. The minimum absolute atomic E-state index is 0.0777. The monoisotopic (exact) mass is 495 g/mol. The smallest absolute Gasteiger partial charge is 0.224 e. The average Bonchev–Trinajstić information content (AvgIpc) is 2.89. The molecule has 0 radical (unpaired) electrons. The van der Waals surface area contributed by atoms with Gasteiger partial charge in [-0.1, -0.05) is 32.0 Å². The number of ether oxygens (including phenoxy) is 2. The van der Waals surface area contributed by atoms with Gasteiger partial charge in [0.1, 0.15) is 18.1 Å². The Labute approximate surface area is 211 Å². The van der Waals surface area contributed by atoms with Crippen LogP contribution in [0.5, 0.6) is 11.5 Å². The fourth-order valence-corrected chi connectivity index (χ4v) is 3.68. The van der Waals surface area contributed by atoms with Gasteiger partial charge in [-0.15, -0.1) is 11.8 Å². The number of rotatable bonds is 11. The predicted molar refractivity (Wildman–Crippen MR) is 143 cm³/mol. The Bertz CT molecular complexity index is 1060. The van der Waals surface area contributed by atoms with E-state index in [0.717, 1.165) is 17.2 Å². The van der Waals surface area contributed by atoms with E-state index in [1.165, 1.54) is 4.90 Å². The second-order valence-electron chi connectivity index (χ2n) is 7.32. The maximum atomic E-state index is 11.6. The highest BCUT2D eigenvalue weighted by Gasteiger charge is 2.13. The summed E-state index contributed by atoms with van der Waals surface area (Å²) in [5.41, 5.74) is 2.10. The zero-order valence-corrected chi connectivity index (χ0v) is 21.4. The van der Waals surface area contributed by atoms with E-state index < -0.39 is 0 Å². The quantitative estimate of drug-likeness (QED) is 0.249. The van der Waals surface area contributed by atoms with Gasteiger partial charge in [0.25, 0.3) is 0 Å². The van der Waals surface area contributed by atoms with Crippen molar-refractivity contribution in [3.63, 3.8) is 0 Å². The second-order valence-corrected chi connectivity index (χ2v) is 8.66. The summed E-state index contributed by atoms with van der Waals surface area (Å²) in [6, 6.07) is 19.2. The van der Waals surface area contributed by atoms with Crippen LogP contribution in [0.1, 0.15) is 38.9 Å². The molecule has 0 spiro atoms. The van der Waals surface area contributed by atoms with E-state index in [2.05, 4.69) is 46.8 Å². The molecule has 8 heteroatoms. The molecule has 2 aromatic carbocycles. The molecule has 1 atom stereocenters. The molecule has 2 N–H and O–H groups in total. The fourth-order valence-electron chi connectivity index (χ4n) is 2.99. The number of nitrogens with zero attached hydrogens (tertiary/aromatic N) is 1. The van der Waals surface area contributed by atoms with Gasteiger partial charge in [0, 0.05) is 35.3 Å². The number of hydrogen-bond donors (Lipinski definition) is 2. The van der Waals surface area contributed by atoms with Crippen LogP contribution in [-0.2, 0) is 9.59 Å². The molecule has 1 amide bonds. The van der Waals surface area contributed by atoms with E-state index in [9.17, 15) is 9.59 Å². The molecule has 7 nitrogen and oxygen atoms in total. The van der Waals surface area contributed by atoms with Crippen molar-refractivity contribution in [1.82, 2.24) is 4.98 Å². The van der Waals surface area contributed by atoms with E-state index in [1.54, 1.807) is 44.5 Å². The summed E-state index contributed by atoms with van der Waals surface area (Å²) in [5, 5.41) is 6.08. The molecule has 0 aliphatic carbocycles. The van der Waals surface area contributed by atoms with Crippen molar-refractivity contribution < 1.29 is 19.1 Å². The van der Waals surface area contributed by atoms with Gasteiger partial charge in [0.05, 0.1) is 24.5 Å². The van der Waals surface area contributed by atoms with Crippen LogP contribution in [0.2, 0.25) is 0 Å². The minimum atomic E-state index is -0.125. The summed E-state index contributed by atoms with van der Waals surface area (Å²) in [7, 11) is 1.60. The number of amides is 1. The van der Waals surface area contributed by atoms with Crippen molar-refractivity contribution in [2.24, 2.45) is 0 Å². The lowest BCUT2D eigenvalue weighted by atomic mass is 10.1. The van der Waals surface area contributed by atoms with Crippen LogP contribution in [0.15, 0.2) is 71.8 Å². The Morgan fingerprint density at radius 1 is 1.11 bits per heavy atom. The number of carbonyl (C=O) groups is 2. The number of hydrogen-bond acceptors (Lipinski definition) is 7. The van der Waals surface area contributed by atoms with Crippen molar-refractivity contribution >= 4 is 35.3 Å². The van der Waals surface area contributed by atoms with E-state index >= 15 is 0 Å². The molecular weight excluding hydrogens is 462 g/mol. The van der Waals surface area contributed by atoms with Gasteiger partial charge >= 0.3 is 0 Å². The van der Waals surface area contributed by atoms with Crippen molar-refractivity contribution in [2.75, 3.05) is 30.1 Å². The molecule has 0 fully saturated rings. The molecule has 3 rings (SSSR count). The molecule has 3 aromatic rings. The lowest BCUT2D eigenvalue weighted by Crippen LogP contribution is -2.12. The standard InChI is InChI=1S/C19H23N3O4.C8H10S/c1-4-19(24)22-14-5-6-16(18(11-14)26-10-9-23)21-13(2)17-12-15(25-3)7-8-20-17;1-2-9-8-6-4-3-5-7-8/h5-9,11-13,21H,4,10H2,1-3H3,(H,22,24);3-7H,2H2,1H3. The predicted octanol–water partition coefficient (Wildman–Crippen LogP) is 5.99. The first kappa shape index (κ1) is 27.7. The van der Waals surface area contributed by atoms with E-state index in [0.29, 0.717) is 29.8 Å². The molecule has 1 heterocycles. The zero-order valence-electron chi connectivity index (χ0n) is 20.6. The number of pyridine rings is 1. The molecule has 0 bridgehead atoms. The summed E-state index contributed by atoms with van der Waals surface area (Å²) >= 11 is 1.88. The Kier molecular flexibility index (Phi) is 12.2. The molecular formula is C27H33N3O4S. The van der Waals surface area contributed by atoms with Gasteiger partial charge in [-0.25, -0.2) is 0 Å². The lowest BCUT2D eigenvalue weighted by Gasteiger charge is -2.19. The van der Waals surface area contributed by atoms with Crippen LogP contribution in [-0.4, -0.2) is 36.6 Å². The molecule has 1 unspecified atom stereocenters. The number of benzene rings is 2. The lowest BCUT2D eigenvalue weighted by molar-refractivity contribution is -0.116. The van der Waals surface area contributed by atoms with Gasteiger partial charge in [0.2, 0.25) is 5.91 Å². The van der Waals surface area contributed by atoms with E-state index in [1.807, 2.05) is 30.8 Å². The van der Waals surface area contributed by atoms with Gasteiger partial charge in [-0.3, -0.25) is 14.6 Å². The Balaban J connectivity index is 0.000000402. The van der Waals surface area contributed by atoms with Crippen LogP contribution >= 0.6 is 11.8 Å². The number of thioether (sulfide) groups is 1. The second kappa shape index (κ2) is 15.4. The van der Waals surface area contributed by atoms with E-state index in [4.69, 9.17) is 9.47 Å². The minimum Gasteiger partial charge on any atom is -0.497 e. The summed E-state index contributed by atoms with van der Waals surface area (Å²) in [5.74, 6) is 2.25. The van der Waals surface area contributed by atoms with Gasteiger partial charge in [0.15, 0.2) is 6.29 Å². The van der Waals surface area contributed by atoms with Crippen LogP contribution < -0.4 is 20.1 Å². The largest absolute Gasteiger partial charge is 0.497 e. The SMILES string of the molecule is CCC(=O)Nc1ccc(NC(C)c2cc(OC)ccn2)c(OCC=O)c1.CCSc1ccccc1. The molecule has 0 saturated carbocycles. The van der Waals surface area contributed by atoms with Gasteiger partial charge < -0.3 is 20.1 Å². The number of aromatic nitrogens is 1. The maximum absolute atomic E-state index is 11.6. The summed E-state index contributed by atoms with van der Waals surface area (Å²) in [6.45, 7) is 5.82. The van der Waals surface area contributed by atoms with Gasteiger partial charge in [-0.05, 0) is 43.0 Å². The maximum Gasteiger partial charge on any atom is 0.224 e.